The van der Waals surface area contributed by atoms with Crippen molar-refractivity contribution >= 4 is 39.6 Å². The van der Waals surface area contributed by atoms with Gasteiger partial charge in [-0.15, -0.1) is 0 Å². The third-order valence-corrected chi connectivity index (χ3v) is 4.32. The Morgan fingerprint density at radius 2 is 2.06 bits per heavy atom. The minimum atomic E-state index is -1.17. The summed E-state index contributed by atoms with van der Waals surface area (Å²) in [5.74, 6) is 0.0977. The molecule has 1 aromatic heterocycles. The molecular weight excluding hydrogens is 322 g/mol. The van der Waals surface area contributed by atoms with Crippen LogP contribution in [0.15, 0.2) is 21.2 Å². The number of hydrogen-bond acceptors (Lipinski definition) is 4. The Bertz CT molecular complexity index is 467. The van der Waals surface area contributed by atoms with E-state index in [1.54, 1.807) is 17.8 Å². The fourth-order valence-corrected chi connectivity index (χ4v) is 3.32. The Hall–Kier alpha value is -0.950. The zero-order valence-corrected chi connectivity index (χ0v) is 11.8. The van der Waals surface area contributed by atoms with Crippen molar-refractivity contribution in [2.75, 3.05) is 11.5 Å². The molecule has 2 rings (SSSR count). The second kappa shape index (κ2) is 5.36. The SMILES string of the molecule is O=C(NC1(C(=O)O)CCSCC1)c1ccc(Br)o1. The van der Waals surface area contributed by atoms with Gasteiger partial charge in [-0.1, -0.05) is 0 Å². The molecule has 2 heterocycles. The summed E-state index contributed by atoms with van der Waals surface area (Å²) in [5.41, 5.74) is -1.17. The van der Waals surface area contributed by atoms with Crippen molar-refractivity contribution in [2.45, 2.75) is 18.4 Å². The number of carboxylic acid groups (broad SMARTS) is 1. The lowest BCUT2D eigenvalue weighted by Crippen LogP contribution is -2.56. The van der Waals surface area contributed by atoms with Gasteiger partial charge in [-0.3, -0.25) is 4.79 Å². The minimum absolute atomic E-state index is 0.112. The molecule has 0 atom stereocenters. The van der Waals surface area contributed by atoms with E-state index >= 15 is 0 Å². The van der Waals surface area contributed by atoms with Gasteiger partial charge in [0.15, 0.2) is 10.4 Å². The topological polar surface area (TPSA) is 79.5 Å². The van der Waals surface area contributed by atoms with Crippen LogP contribution in [-0.4, -0.2) is 34.0 Å². The first-order chi connectivity index (χ1) is 8.53. The molecule has 1 amide bonds. The number of carbonyl (C=O) groups is 2. The van der Waals surface area contributed by atoms with Crippen LogP contribution in [0.1, 0.15) is 23.4 Å². The normalized spacial score (nSPS) is 18.3. The Kier molecular flexibility index (Phi) is 4.01. The van der Waals surface area contributed by atoms with E-state index in [0.29, 0.717) is 17.5 Å². The average molecular weight is 334 g/mol. The van der Waals surface area contributed by atoms with Crippen LogP contribution in [0.3, 0.4) is 0 Å². The predicted molar refractivity (Wildman–Crippen MR) is 70.8 cm³/mol. The van der Waals surface area contributed by atoms with Crippen LogP contribution in [0.4, 0.5) is 0 Å². The summed E-state index contributed by atoms with van der Waals surface area (Å²) in [6.45, 7) is 0. The molecule has 1 aliphatic heterocycles. The maximum absolute atomic E-state index is 11.9. The van der Waals surface area contributed by atoms with Crippen LogP contribution in [0, 0.1) is 0 Å². The van der Waals surface area contributed by atoms with Gasteiger partial charge >= 0.3 is 5.97 Å². The van der Waals surface area contributed by atoms with Crippen molar-refractivity contribution in [1.29, 1.82) is 0 Å². The van der Waals surface area contributed by atoms with Crippen molar-refractivity contribution in [1.82, 2.24) is 5.32 Å². The molecule has 18 heavy (non-hydrogen) atoms. The van der Waals surface area contributed by atoms with Gasteiger partial charge in [0.05, 0.1) is 0 Å². The van der Waals surface area contributed by atoms with Gasteiger partial charge in [0.2, 0.25) is 0 Å². The maximum Gasteiger partial charge on any atom is 0.329 e. The molecule has 7 heteroatoms. The molecule has 0 bridgehead atoms. The maximum atomic E-state index is 11.9. The Morgan fingerprint density at radius 1 is 1.39 bits per heavy atom. The molecule has 5 nitrogen and oxygen atoms in total. The number of thioether (sulfide) groups is 1. The highest BCUT2D eigenvalue weighted by atomic mass is 79.9. The molecule has 0 aliphatic carbocycles. The van der Waals surface area contributed by atoms with Crippen LogP contribution in [-0.2, 0) is 4.79 Å². The smallest absolute Gasteiger partial charge is 0.329 e. The first kappa shape index (κ1) is 13.5. The summed E-state index contributed by atoms with van der Waals surface area (Å²) in [6, 6.07) is 3.10. The molecule has 0 saturated carbocycles. The molecular formula is C11H12BrNO4S. The first-order valence-corrected chi connectivity index (χ1v) is 7.37. The molecule has 2 N–H and O–H groups in total. The highest BCUT2D eigenvalue weighted by molar-refractivity contribution is 9.10. The molecule has 1 fully saturated rings. The third kappa shape index (κ3) is 2.72. The largest absolute Gasteiger partial charge is 0.480 e. The van der Waals surface area contributed by atoms with Gasteiger partial charge in [-0.25, -0.2) is 4.79 Å². The molecule has 0 aromatic carbocycles. The fraction of sp³-hybridized carbons (Fsp3) is 0.455. The van der Waals surface area contributed by atoms with Crippen LogP contribution < -0.4 is 5.32 Å². The monoisotopic (exact) mass is 333 g/mol. The third-order valence-electron chi connectivity index (χ3n) is 2.91. The van der Waals surface area contributed by atoms with Gasteiger partial charge in [-0.2, -0.15) is 11.8 Å². The number of halogens is 1. The molecule has 0 radical (unpaired) electrons. The molecule has 98 valence electrons. The van der Waals surface area contributed by atoms with Gasteiger partial charge in [0, 0.05) is 0 Å². The highest BCUT2D eigenvalue weighted by Gasteiger charge is 2.41. The molecule has 1 saturated heterocycles. The van der Waals surface area contributed by atoms with E-state index in [9.17, 15) is 14.7 Å². The van der Waals surface area contributed by atoms with E-state index in [2.05, 4.69) is 21.2 Å². The summed E-state index contributed by atoms with van der Waals surface area (Å²) >= 11 is 4.80. The first-order valence-electron chi connectivity index (χ1n) is 5.42. The summed E-state index contributed by atoms with van der Waals surface area (Å²) in [7, 11) is 0. The summed E-state index contributed by atoms with van der Waals surface area (Å²) in [5, 5.41) is 11.9. The van der Waals surface area contributed by atoms with Crippen molar-refractivity contribution in [3.8, 4) is 0 Å². The lowest BCUT2D eigenvalue weighted by atomic mass is 9.92. The van der Waals surface area contributed by atoms with E-state index in [1.807, 2.05) is 0 Å². The van der Waals surface area contributed by atoms with E-state index in [-0.39, 0.29) is 5.76 Å². The second-order valence-corrected chi connectivity index (χ2v) is 6.06. The van der Waals surface area contributed by atoms with Crippen LogP contribution in [0.5, 0.6) is 0 Å². The van der Waals surface area contributed by atoms with Crippen LogP contribution in [0.2, 0.25) is 0 Å². The average Bonchev–Trinajstić information content (AvgIpc) is 2.77. The number of carbonyl (C=O) groups excluding carboxylic acids is 1. The number of nitrogens with one attached hydrogen (secondary N) is 1. The summed E-state index contributed by atoms with van der Waals surface area (Å²) in [4.78, 5) is 23.3. The molecule has 1 aromatic rings. The van der Waals surface area contributed by atoms with E-state index in [1.165, 1.54) is 6.07 Å². The second-order valence-electron chi connectivity index (χ2n) is 4.06. The van der Waals surface area contributed by atoms with Crippen molar-refractivity contribution < 1.29 is 19.1 Å². The number of aliphatic carboxylic acids is 1. The van der Waals surface area contributed by atoms with E-state index in [0.717, 1.165) is 11.5 Å². The Morgan fingerprint density at radius 3 is 2.56 bits per heavy atom. The van der Waals surface area contributed by atoms with Crippen molar-refractivity contribution in [2.24, 2.45) is 0 Å². The quantitative estimate of drug-likeness (QED) is 0.885. The van der Waals surface area contributed by atoms with Crippen LogP contribution >= 0.6 is 27.7 Å². The minimum Gasteiger partial charge on any atom is -0.480 e. The molecule has 0 unspecified atom stereocenters. The summed E-state index contributed by atoms with van der Waals surface area (Å²) < 4.78 is 5.56. The number of amides is 1. The van der Waals surface area contributed by atoms with Crippen molar-refractivity contribution in [3.05, 3.63) is 22.6 Å². The van der Waals surface area contributed by atoms with Crippen LogP contribution in [0.25, 0.3) is 0 Å². The van der Waals surface area contributed by atoms with Gasteiger partial charge in [-0.05, 0) is 52.4 Å². The standard InChI is InChI=1S/C11H12BrNO4S/c12-8-2-1-7(17-8)9(14)13-11(10(15)16)3-5-18-6-4-11/h1-2H,3-6H2,(H,13,14)(H,15,16). The number of carboxylic acids is 1. The fourth-order valence-electron chi connectivity index (χ4n) is 1.83. The highest BCUT2D eigenvalue weighted by Crippen LogP contribution is 2.28. The molecule has 0 spiro atoms. The number of furan rings is 1. The number of rotatable bonds is 3. The Labute approximate surface area is 116 Å². The predicted octanol–water partition coefficient (Wildman–Crippen LogP) is 2.12. The van der Waals surface area contributed by atoms with E-state index < -0.39 is 17.4 Å². The Balaban J connectivity index is 2.14. The molecule has 1 aliphatic rings. The van der Waals surface area contributed by atoms with Gasteiger partial charge in [0.25, 0.3) is 5.91 Å². The van der Waals surface area contributed by atoms with E-state index in [4.69, 9.17) is 4.42 Å². The van der Waals surface area contributed by atoms with Gasteiger partial charge < -0.3 is 14.8 Å². The number of hydrogen-bond donors (Lipinski definition) is 2. The zero-order valence-electron chi connectivity index (χ0n) is 9.44. The lowest BCUT2D eigenvalue weighted by molar-refractivity contribution is -0.144. The van der Waals surface area contributed by atoms with Crippen molar-refractivity contribution in [3.63, 3.8) is 0 Å². The zero-order chi connectivity index (χ0) is 13.2. The summed E-state index contributed by atoms with van der Waals surface area (Å²) in [6.07, 6.45) is 0.862. The van der Waals surface area contributed by atoms with Gasteiger partial charge in [0.1, 0.15) is 5.54 Å². The lowest BCUT2D eigenvalue weighted by Gasteiger charge is -2.33.